The van der Waals surface area contributed by atoms with Crippen molar-refractivity contribution in [1.82, 2.24) is 15.1 Å². The van der Waals surface area contributed by atoms with Crippen molar-refractivity contribution >= 4 is 11.8 Å². The number of carbonyl (C=O) groups excluding carboxylic acids is 2. The summed E-state index contributed by atoms with van der Waals surface area (Å²) in [6.07, 6.45) is 4.57. The van der Waals surface area contributed by atoms with Crippen LogP contribution in [0.5, 0.6) is 0 Å². The first kappa shape index (κ1) is 13.9. The van der Waals surface area contributed by atoms with Crippen molar-refractivity contribution < 1.29 is 9.59 Å². The third kappa shape index (κ3) is 2.22. The Morgan fingerprint density at radius 3 is 3.00 bits per heavy atom. The van der Waals surface area contributed by atoms with Gasteiger partial charge >= 0.3 is 0 Å². The van der Waals surface area contributed by atoms with Gasteiger partial charge in [-0.3, -0.25) is 9.59 Å². The van der Waals surface area contributed by atoms with Crippen molar-refractivity contribution in [2.75, 3.05) is 32.7 Å². The van der Waals surface area contributed by atoms with Crippen molar-refractivity contribution in [3.8, 4) is 0 Å². The molecule has 3 fully saturated rings. The highest BCUT2D eigenvalue weighted by Gasteiger charge is 2.44. The second kappa shape index (κ2) is 5.35. The maximum Gasteiger partial charge on any atom is 0.230 e. The number of piperidine rings is 1. The van der Waals surface area contributed by atoms with E-state index in [0.717, 1.165) is 51.9 Å². The maximum atomic E-state index is 13.0. The molecule has 112 valence electrons. The number of piperazine rings is 1. The normalized spacial score (nSPS) is 34.2. The summed E-state index contributed by atoms with van der Waals surface area (Å²) < 4.78 is 0. The molecule has 0 aliphatic carbocycles. The summed E-state index contributed by atoms with van der Waals surface area (Å²) in [7, 11) is 0. The standard InChI is InChI=1S/C15H25N3O2/c1-2-15(6-3-7-16-11-15)14(20)17-8-9-18-12(10-17)4-5-13(18)19/h12,16H,2-11H2,1H3. The average molecular weight is 279 g/mol. The van der Waals surface area contributed by atoms with Gasteiger partial charge in [0.1, 0.15) is 0 Å². The Kier molecular flexibility index (Phi) is 3.71. The first-order valence-electron chi connectivity index (χ1n) is 7.96. The summed E-state index contributed by atoms with van der Waals surface area (Å²) >= 11 is 0. The lowest BCUT2D eigenvalue weighted by atomic mass is 9.77. The third-order valence-corrected chi connectivity index (χ3v) is 5.38. The van der Waals surface area contributed by atoms with Gasteiger partial charge in [0, 0.05) is 38.6 Å². The molecule has 5 nitrogen and oxygen atoms in total. The van der Waals surface area contributed by atoms with Crippen molar-refractivity contribution in [3.05, 3.63) is 0 Å². The Hall–Kier alpha value is -1.10. The van der Waals surface area contributed by atoms with Crippen LogP contribution in [-0.4, -0.2) is 60.4 Å². The molecule has 0 aromatic heterocycles. The van der Waals surface area contributed by atoms with E-state index in [1.807, 2.05) is 9.80 Å². The number of rotatable bonds is 2. The van der Waals surface area contributed by atoms with Gasteiger partial charge in [-0.15, -0.1) is 0 Å². The Morgan fingerprint density at radius 1 is 1.45 bits per heavy atom. The molecule has 0 spiro atoms. The molecule has 3 aliphatic rings. The van der Waals surface area contributed by atoms with Gasteiger partial charge in [0.15, 0.2) is 0 Å². The van der Waals surface area contributed by atoms with E-state index in [1.54, 1.807) is 0 Å². The highest BCUT2D eigenvalue weighted by atomic mass is 16.2. The van der Waals surface area contributed by atoms with Gasteiger partial charge in [0.2, 0.25) is 11.8 Å². The summed E-state index contributed by atoms with van der Waals surface area (Å²) in [6, 6.07) is 0.269. The smallest absolute Gasteiger partial charge is 0.230 e. The first-order chi connectivity index (χ1) is 9.66. The van der Waals surface area contributed by atoms with E-state index in [2.05, 4.69) is 12.2 Å². The number of fused-ring (bicyclic) bond motifs is 1. The predicted molar refractivity (Wildman–Crippen MR) is 76.1 cm³/mol. The molecule has 0 saturated carbocycles. The van der Waals surface area contributed by atoms with Gasteiger partial charge in [-0.2, -0.15) is 0 Å². The molecule has 2 unspecified atom stereocenters. The SMILES string of the molecule is CCC1(C(=O)N2CCN3C(=O)CCC3C2)CCCNC1. The first-order valence-corrected chi connectivity index (χ1v) is 7.96. The Bertz CT molecular complexity index is 404. The molecule has 1 N–H and O–H groups in total. The van der Waals surface area contributed by atoms with E-state index in [-0.39, 0.29) is 17.4 Å². The quantitative estimate of drug-likeness (QED) is 0.805. The van der Waals surface area contributed by atoms with Crippen molar-refractivity contribution in [2.24, 2.45) is 5.41 Å². The minimum atomic E-state index is -0.205. The van der Waals surface area contributed by atoms with Crippen molar-refractivity contribution in [1.29, 1.82) is 0 Å². The second-order valence-electron chi connectivity index (χ2n) is 6.45. The fraction of sp³-hybridized carbons (Fsp3) is 0.867. The van der Waals surface area contributed by atoms with Gasteiger partial charge < -0.3 is 15.1 Å². The van der Waals surface area contributed by atoms with E-state index < -0.39 is 0 Å². The number of hydrogen-bond donors (Lipinski definition) is 1. The fourth-order valence-corrected chi connectivity index (χ4v) is 3.99. The Morgan fingerprint density at radius 2 is 2.30 bits per heavy atom. The average Bonchev–Trinajstić information content (AvgIpc) is 2.88. The lowest BCUT2D eigenvalue weighted by Gasteiger charge is -2.44. The van der Waals surface area contributed by atoms with Crippen LogP contribution in [0, 0.1) is 5.41 Å². The zero-order chi connectivity index (χ0) is 14.2. The molecule has 0 aromatic carbocycles. The minimum absolute atomic E-state index is 0.205. The van der Waals surface area contributed by atoms with E-state index in [1.165, 1.54) is 0 Å². The lowest BCUT2D eigenvalue weighted by Crippen LogP contribution is -2.58. The van der Waals surface area contributed by atoms with Gasteiger partial charge in [-0.25, -0.2) is 0 Å². The molecule has 3 saturated heterocycles. The largest absolute Gasteiger partial charge is 0.338 e. The molecule has 5 heteroatoms. The molecule has 2 amide bonds. The summed E-state index contributed by atoms with van der Waals surface area (Å²) in [5.41, 5.74) is -0.205. The van der Waals surface area contributed by atoms with Gasteiger partial charge in [0.25, 0.3) is 0 Å². The summed E-state index contributed by atoms with van der Waals surface area (Å²) in [5, 5.41) is 3.39. The Balaban J connectivity index is 1.69. The van der Waals surface area contributed by atoms with Crippen LogP contribution in [0.2, 0.25) is 0 Å². The van der Waals surface area contributed by atoms with Crippen LogP contribution in [0.3, 0.4) is 0 Å². The van der Waals surface area contributed by atoms with Crippen LogP contribution in [0.25, 0.3) is 0 Å². The number of amides is 2. The molecule has 0 aromatic rings. The second-order valence-corrected chi connectivity index (χ2v) is 6.45. The highest BCUT2D eigenvalue weighted by Crippen LogP contribution is 2.34. The van der Waals surface area contributed by atoms with E-state index in [9.17, 15) is 9.59 Å². The zero-order valence-corrected chi connectivity index (χ0v) is 12.4. The molecular formula is C15H25N3O2. The van der Waals surface area contributed by atoms with Crippen LogP contribution < -0.4 is 5.32 Å². The highest BCUT2D eigenvalue weighted by molar-refractivity contribution is 5.84. The van der Waals surface area contributed by atoms with Crippen LogP contribution >= 0.6 is 0 Å². The topological polar surface area (TPSA) is 52.7 Å². The molecule has 0 radical (unpaired) electrons. The van der Waals surface area contributed by atoms with Crippen molar-refractivity contribution in [2.45, 2.75) is 45.1 Å². The maximum absolute atomic E-state index is 13.0. The van der Waals surface area contributed by atoms with Crippen LogP contribution in [0.15, 0.2) is 0 Å². The Labute approximate surface area is 120 Å². The molecule has 3 heterocycles. The number of nitrogens with one attached hydrogen (secondary N) is 1. The molecule has 2 atom stereocenters. The van der Waals surface area contributed by atoms with E-state index >= 15 is 0 Å². The number of hydrogen-bond acceptors (Lipinski definition) is 3. The predicted octanol–water partition coefficient (Wildman–Crippen LogP) is 0.599. The summed E-state index contributed by atoms with van der Waals surface area (Å²) in [4.78, 5) is 28.7. The van der Waals surface area contributed by atoms with Gasteiger partial charge in [-0.1, -0.05) is 6.92 Å². The van der Waals surface area contributed by atoms with Crippen LogP contribution in [-0.2, 0) is 9.59 Å². The van der Waals surface area contributed by atoms with E-state index in [0.29, 0.717) is 18.9 Å². The summed E-state index contributed by atoms with van der Waals surface area (Å²) in [5.74, 6) is 0.581. The molecular weight excluding hydrogens is 254 g/mol. The monoisotopic (exact) mass is 279 g/mol. The molecule has 3 aliphatic heterocycles. The number of carbonyl (C=O) groups is 2. The minimum Gasteiger partial charge on any atom is -0.338 e. The van der Waals surface area contributed by atoms with Gasteiger partial charge in [0.05, 0.1) is 5.41 Å². The molecule has 0 bridgehead atoms. The van der Waals surface area contributed by atoms with Crippen molar-refractivity contribution in [3.63, 3.8) is 0 Å². The zero-order valence-electron chi connectivity index (χ0n) is 12.4. The van der Waals surface area contributed by atoms with E-state index in [4.69, 9.17) is 0 Å². The molecule has 3 rings (SSSR count). The third-order valence-electron chi connectivity index (χ3n) is 5.38. The molecule has 20 heavy (non-hydrogen) atoms. The lowest BCUT2D eigenvalue weighted by molar-refractivity contribution is -0.148. The van der Waals surface area contributed by atoms with Crippen LogP contribution in [0.4, 0.5) is 0 Å². The fourth-order valence-electron chi connectivity index (χ4n) is 3.99. The van der Waals surface area contributed by atoms with Gasteiger partial charge in [-0.05, 0) is 32.2 Å². The number of nitrogens with zero attached hydrogens (tertiary/aromatic N) is 2. The van der Waals surface area contributed by atoms with Crippen LogP contribution in [0.1, 0.15) is 39.0 Å². The summed E-state index contributed by atoms with van der Waals surface area (Å²) in [6.45, 7) is 6.14.